The van der Waals surface area contributed by atoms with Crippen LogP contribution in [0.3, 0.4) is 0 Å². The SMILES string of the molecule is CCCN(CC(=O)N(Cc1cccn1Cc1ccc(Br)cc1)C1CCCCC1)C(=O)C(C)(C)CCl. The van der Waals surface area contributed by atoms with Crippen molar-refractivity contribution in [1.82, 2.24) is 14.4 Å². The van der Waals surface area contributed by atoms with Gasteiger partial charge in [-0.15, -0.1) is 11.6 Å². The second-order valence-electron chi connectivity index (χ2n) is 10.3. The van der Waals surface area contributed by atoms with Gasteiger partial charge >= 0.3 is 0 Å². The van der Waals surface area contributed by atoms with Crippen molar-refractivity contribution in [3.05, 3.63) is 58.3 Å². The molecule has 0 spiro atoms. The van der Waals surface area contributed by atoms with Crippen LogP contribution in [0.1, 0.15) is 70.6 Å². The fraction of sp³-hybridized carbons (Fsp3) is 0.571. The second kappa shape index (κ2) is 13.0. The highest BCUT2D eigenvalue weighted by Gasteiger charge is 2.34. The van der Waals surface area contributed by atoms with Gasteiger partial charge in [0.05, 0.1) is 18.5 Å². The van der Waals surface area contributed by atoms with E-state index in [-0.39, 0.29) is 30.3 Å². The summed E-state index contributed by atoms with van der Waals surface area (Å²) in [6, 6.07) is 12.7. The van der Waals surface area contributed by atoms with E-state index in [0.717, 1.165) is 48.8 Å². The first kappa shape index (κ1) is 27.8. The first-order valence-electron chi connectivity index (χ1n) is 12.8. The summed E-state index contributed by atoms with van der Waals surface area (Å²) in [7, 11) is 0. The van der Waals surface area contributed by atoms with Crippen molar-refractivity contribution in [2.45, 2.75) is 78.4 Å². The van der Waals surface area contributed by atoms with Crippen LogP contribution in [0.2, 0.25) is 0 Å². The van der Waals surface area contributed by atoms with Gasteiger partial charge in [-0.1, -0.05) is 54.2 Å². The monoisotopic (exact) mass is 563 g/mol. The molecule has 0 bridgehead atoms. The number of carbonyl (C=O) groups is 2. The zero-order valence-electron chi connectivity index (χ0n) is 21.3. The van der Waals surface area contributed by atoms with E-state index in [1.165, 1.54) is 12.0 Å². The zero-order valence-corrected chi connectivity index (χ0v) is 23.7. The molecule has 1 saturated carbocycles. The Morgan fingerprint density at radius 3 is 2.43 bits per heavy atom. The van der Waals surface area contributed by atoms with E-state index < -0.39 is 5.41 Å². The molecule has 7 heteroatoms. The van der Waals surface area contributed by atoms with E-state index in [1.807, 2.05) is 31.7 Å². The van der Waals surface area contributed by atoms with Crippen molar-refractivity contribution in [1.29, 1.82) is 0 Å². The minimum absolute atomic E-state index is 0.0282. The number of rotatable bonds is 11. The molecule has 0 N–H and O–H groups in total. The summed E-state index contributed by atoms with van der Waals surface area (Å²) in [4.78, 5) is 30.7. The number of nitrogens with zero attached hydrogens (tertiary/aromatic N) is 3. The molecule has 35 heavy (non-hydrogen) atoms. The number of hydrogen-bond acceptors (Lipinski definition) is 2. The summed E-state index contributed by atoms with van der Waals surface area (Å²) >= 11 is 9.59. The lowest BCUT2D eigenvalue weighted by Crippen LogP contribution is -2.50. The molecule has 2 aromatic rings. The van der Waals surface area contributed by atoms with E-state index in [1.54, 1.807) is 4.90 Å². The van der Waals surface area contributed by atoms with Gasteiger partial charge in [0.2, 0.25) is 11.8 Å². The number of amides is 2. The van der Waals surface area contributed by atoms with Gasteiger partial charge in [0.15, 0.2) is 0 Å². The predicted molar refractivity (Wildman–Crippen MR) is 146 cm³/mol. The van der Waals surface area contributed by atoms with Gasteiger partial charge in [0.25, 0.3) is 0 Å². The minimum atomic E-state index is -0.688. The highest BCUT2D eigenvalue weighted by molar-refractivity contribution is 9.10. The third kappa shape index (κ3) is 7.60. The lowest BCUT2D eigenvalue weighted by molar-refractivity contribution is -0.147. The third-order valence-electron chi connectivity index (χ3n) is 6.88. The number of halogens is 2. The number of benzene rings is 1. The normalized spacial score (nSPS) is 14.7. The summed E-state index contributed by atoms with van der Waals surface area (Å²) in [5, 5.41) is 0. The Balaban J connectivity index is 1.80. The van der Waals surface area contributed by atoms with Crippen LogP contribution in [0.5, 0.6) is 0 Å². The number of carbonyl (C=O) groups excluding carboxylic acids is 2. The molecular weight excluding hydrogens is 526 g/mol. The lowest BCUT2D eigenvalue weighted by atomic mass is 9.93. The minimum Gasteiger partial charge on any atom is -0.345 e. The fourth-order valence-corrected chi connectivity index (χ4v) is 5.16. The van der Waals surface area contributed by atoms with Crippen LogP contribution in [0.15, 0.2) is 47.1 Å². The molecule has 1 aliphatic rings. The van der Waals surface area contributed by atoms with Gasteiger partial charge in [-0.3, -0.25) is 9.59 Å². The van der Waals surface area contributed by atoms with Crippen molar-refractivity contribution < 1.29 is 9.59 Å². The summed E-state index contributed by atoms with van der Waals surface area (Å²) in [6.45, 7) is 7.71. The van der Waals surface area contributed by atoms with Crippen LogP contribution >= 0.6 is 27.5 Å². The summed E-state index contributed by atoms with van der Waals surface area (Å²) in [5.74, 6) is 0.209. The highest BCUT2D eigenvalue weighted by atomic mass is 79.9. The highest BCUT2D eigenvalue weighted by Crippen LogP contribution is 2.26. The number of alkyl halides is 1. The standard InChI is InChI=1S/C28H39BrClN3O2/c1-4-16-32(27(35)28(2,3)21-30)20-26(34)33(24-9-6-5-7-10-24)19-25-11-8-17-31(25)18-22-12-14-23(29)15-13-22/h8,11-15,17,24H,4-7,9-10,16,18-21H2,1-3H3. The van der Waals surface area contributed by atoms with E-state index in [0.29, 0.717) is 13.1 Å². The molecular formula is C28H39BrClN3O2. The van der Waals surface area contributed by atoms with Crippen molar-refractivity contribution in [3.8, 4) is 0 Å². The van der Waals surface area contributed by atoms with E-state index >= 15 is 0 Å². The Labute approximate surface area is 223 Å². The maximum absolute atomic E-state index is 13.8. The van der Waals surface area contributed by atoms with Crippen molar-refractivity contribution in [3.63, 3.8) is 0 Å². The molecule has 0 unspecified atom stereocenters. The molecule has 1 heterocycles. The van der Waals surface area contributed by atoms with Gasteiger partial charge in [-0.2, -0.15) is 0 Å². The first-order valence-corrected chi connectivity index (χ1v) is 14.1. The van der Waals surface area contributed by atoms with Gasteiger partial charge in [-0.05, 0) is 62.9 Å². The molecule has 2 amide bonds. The molecule has 0 radical (unpaired) electrons. The Hall–Kier alpha value is -1.79. The molecule has 0 saturated heterocycles. The third-order valence-corrected chi connectivity index (χ3v) is 8.07. The van der Waals surface area contributed by atoms with Crippen molar-refractivity contribution in [2.24, 2.45) is 5.41 Å². The van der Waals surface area contributed by atoms with Gasteiger partial charge < -0.3 is 14.4 Å². The van der Waals surface area contributed by atoms with Crippen LogP contribution in [-0.2, 0) is 22.7 Å². The number of aromatic nitrogens is 1. The number of hydrogen-bond donors (Lipinski definition) is 0. The second-order valence-corrected chi connectivity index (χ2v) is 11.5. The Morgan fingerprint density at radius 2 is 1.80 bits per heavy atom. The maximum atomic E-state index is 13.8. The molecule has 1 aromatic heterocycles. The predicted octanol–water partition coefficient (Wildman–Crippen LogP) is 6.46. The van der Waals surface area contributed by atoms with Gasteiger partial charge in [0.1, 0.15) is 0 Å². The lowest BCUT2D eigenvalue weighted by Gasteiger charge is -2.37. The van der Waals surface area contributed by atoms with Crippen LogP contribution in [0.4, 0.5) is 0 Å². The quantitative estimate of drug-likeness (QED) is 0.294. The molecule has 1 fully saturated rings. The summed E-state index contributed by atoms with van der Waals surface area (Å²) in [6.07, 6.45) is 8.44. The molecule has 1 aromatic carbocycles. The maximum Gasteiger partial charge on any atom is 0.242 e. The largest absolute Gasteiger partial charge is 0.345 e. The molecule has 1 aliphatic carbocycles. The van der Waals surface area contributed by atoms with Crippen LogP contribution in [0, 0.1) is 5.41 Å². The summed E-state index contributed by atoms with van der Waals surface area (Å²) in [5.41, 5.74) is 1.64. The van der Waals surface area contributed by atoms with E-state index in [9.17, 15) is 9.59 Å². The topological polar surface area (TPSA) is 45.6 Å². The van der Waals surface area contributed by atoms with Crippen LogP contribution in [-0.4, -0.2) is 51.2 Å². The smallest absolute Gasteiger partial charge is 0.242 e. The Morgan fingerprint density at radius 1 is 1.11 bits per heavy atom. The van der Waals surface area contributed by atoms with Crippen molar-refractivity contribution >= 4 is 39.3 Å². The molecule has 0 atom stereocenters. The Kier molecular flexibility index (Phi) is 10.3. The molecule has 3 rings (SSSR count). The molecule has 5 nitrogen and oxygen atoms in total. The van der Waals surface area contributed by atoms with Gasteiger partial charge in [0, 0.05) is 41.4 Å². The van der Waals surface area contributed by atoms with Crippen LogP contribution in [0.25, 0.3) is 0 Å². The van der Waals surface area contributed by atoms with E-state index in [2.05, 4.69) is 57.0 Å². The average Bonchev–Trinajstić information content (AvgIpc) is 3.30. The fourth-order valence-electron chi connectivity index (χ4n) is 4.78. The molecule has 192 valence electrons. The van der Waals surface area contributed by atoms with Crippen LogP contribution < -0.4 is 0 Å². The first-order chi connectivity index (χ1) is 16.7. The zero-order chi connectivity index (χ0) is 25.4. The average molecular weight is 565 g/mol. The van der Waals surface area contributed by atoms with Crippen molar-refractivity contribution in [2.75, 3.05) is 19.0 Å². The Bertz CT molecular complexity index is 967. The van der Waals surface area contributed by atoms with E-state index in [4.69, 9.17) is 11.6 Å². The molecule has 0 aliphatic heterocycles. The van der Waals surface area contributed by atoms with Gasteiger partial charge in [-0.25, -0.2) is 0 Å². The summed E-state index contributed by atoms with van der Waals surface area (Å²) < 4.78 is 3.28.